The fourth-order valence-corrected chi connectivity index (χ4v) is 2.05. The van der Waals surface area contributed by atoms with Gasteiger partial charge in [0.15, 0.2) is 0 Å². The van der Waals surface area contributed by atoms with Crippen LogP contribution in [0.25, 0.3) is 5.65 Å². The first-order chi connectivity index (χ1) is 8.28. The highest BCUT2D eigenvalue weighted by molar-refractivity contribution is 5.57. The first kappa shape index (κ1) is 12.9. The Morgan fingerprint density at radius 2 is 1.89 bits per heavy atom. The number of aromatic nitrogens is 2. The number of rotatable bonds is 2. The lowest BCUT2D eigenvalue weighted by molar-refractivity contribution is 0.626. The van der Waals surface area contributed by atoms with E-state index in [0.29, 0.717) is 5.92 Å². The van der Waals surface area contributed by atoms with E-state index in [1.54, 1.807) is 0 Å². The molecule has 0 aromatic carbocycles. The molecule has 1 N–H and O–H groups in total. The van der Waals surface area contributed by atoms with E-state index in [0.717, 1.165) is 17.2 Å². The number of nitrogens with one attached hydrogen (secondary N) is 1. The van der Waals surface area contributed by atoms with Gasteiger partial charge in [-0.15, -0.1) is 0 Å². The molecule has 3 heteroatoms. The van der Waals surface area contributed by atoms with Crippen LogP contribution in [0.1, 0.15) is 51.8 Å². The molecule has 0 saturated heterocycles. The number of anilines is 1. The minimum absolute atomic E-state index is 0.0311. The van der Waals surface area contributed by atoms with Crippen molar-refractivity contribution in [1.29, 1.82) is 0 Å². The third-order valence-electron chi connectivity index (χ3n) is 2.83. The van der Waals surface area contributed by atoms with Gasteiger partial charge in [-0.2, -0.15) is 0 Å². The predicted octanol–water partition coefficient (Wildman–Crippen LogP) is 3.98. The number of aryl methyl sites for hydroxylation is 1. The van der Waals surface area contributed by atoms with Crippen molar-refractivity contribution in [2.75, 3.05) is 5.32 Å². The van der Waals surface area contributed by atoms with Crippen molar-refractivity contribution in [2.45, 2.75) is 53.0 Å². The summed E-state index contributed by atoms with van der Waals surface area (Å²) in [6, 6.07) is 4.18. The number of pyridine rings is 1. The summed E-state index contributed by atoms with van der Waals surface area (Å²) >= 11 is 0. The number of fused-ring (bicyclic) bond motifs is 1. The molecule has 0 aliphatic carbocycles. The summed E-state index contributed by atoms with van der Waals surface area (Å²) < 4.78 is 2.16. The second-order valence-electron chi connectivity index (χ2n) is 6.31. The van der Waals surface area contributed by atoms with Crippen molar-refractivity contribution in [3.8, 4) is 0 Å². The van der Waals surface area contributed by atoms with Gasteiger partial charge in [0.05, 0.1) is 5.69 Å². The zero-order chi connectivity index (χ0) is 13.5. The minimum Gasteiger partial charge on any atom is -0.365 e. The molecule has 0 spiro atoms. The van der Waals surface area contributed by atoms with Gasteiger partial charge < -0.3 is 5.32 Å². The van der Waals surface area contributed by atoms with Crippen LogP contribution in [0.5, 0.6) is 0 Å². The summed E-state index contributed by atoms with van der Waals surface area (Å²) in [6.07, 6.45) is 2.14. The van der Waals surface area contributed by atoms with Crippen molar-refractivity contribution in [2.24, 2.45) is 0 Å². The van der Waals surface area contributed by atoms with Crippen LogP contribution in [0.2, 0.25) is 0 Å². The summed E-state index contributed by atoms with van der Waals surface area (Å²) in [5.74, 6) is 1.53. The molecule has 3 nitrogen and oxygen atoms in total. The first-order valence-corrected chi connectivity index (χ1v) is 6.55. The average Bonchev–Trinajstić information content (AvgIpc) is 2.55. The lowest BCUT2D eigenvalue weighted by atomic mass is 10.1. The Kier molecular flexibility index (Phi) is 3.09. The quantitative estimate of drug-likeness (QED) is 0.867. The monoisotopic (exact) mass is 245 g/mol. The third-order valence-corrected chi connectivity index (χ3v) is 2.83. The van der Waals surface area contributed by atoms with Gasteiger partial charge in [-0.05, 0) is 45.2 Å². The number of hydrogen-bond donors (Lipinski definition) is 1. The largest absolute Gasteiger partial charge is 0.365 e. The zero-order valence-corrected chi connectivity index (χ0v) is 12.2. The molecule has 18 heavy (non-hydrogen) atoms. The molecule has 2 aromatic heterocycles. The smallest absolute Gasteiger partial charge is 0.138 e. The van der Waals surface area contributed by atoms with Crippen molar-refractivity contribution in [3.05, 3.63) is 29.6 Å². The second-order valence-corrected chi connectivity index (χ2v) is 6.31. The van der Waals surface area contributed by atoms with E-state index >= 15 is 0 Å². The molecule has 0 unspecified atom stereocenters. The summed E-state index contributed by atoms with van der Waals surface area (Å²) in [6.45, 7) is 13.0. The highest BCUT2D eigenvalue weighted by atomic mass is 15.2. The maximum absolute atomic E-state index is 4.74. The number of nitrogens with zero attached hydrogens (tertiary/aromatic N) is 2. The van der Waals surface area contributed by atoms with E-state index in [-0.39, 0.29) is 5.54 Å². The Bertz CT molecular complexity index is 559. The highest BCUT2D eigenvalue weighted by Gasteiger charge is 2.19. The summed E-state index contributed by atoms with van der Waals surface area (Å²) in [5, 5.41) is 3.58. The first-order valence-electron chi connectivity index (χ1n) is 6.55. The maximum atomic E-state index is 4.74. The van der Waals surface area contributed by atoms with Crippen molar-refractivity contribution < 1.29 is 0 Å². The van der Waals surface area contributed by atoms with Gasteiger partial charge in [-0.25, -0.2) is 4.98 Å². The SMILES string of the molecule is Cc1ccc2nc(C(C)C)c(NC(C)(C)C)n2c1. The van der Waals surface area contributed by atoms with Crippen molar-refractivity contribution in [1.82, 2.24) is 9.38 Å². The van der Waals surface area contributed by atoms with E-state index in [2.05, 4.69) is 69.6 Å². The zero-order valence-electron chi connectivity index (χ0n) is 12.2. The number of hydrogen-bond acceptors (Lipinski definition) is 2. The summed E-state index contributed by atoms with van der Waals surface area (Å²) in [4.78, 5) is 4.74. The molecule has 2 heterocycles. The van der Waals surface area contributed by atoms with Gasteiger partial charge in [-0.3, -0.25) is 4.40 Å². The molecule has 0 saturated carbocycles. The Hall–Kier alpha value is -1.51. The maximum Gasteiger partial charge on any atom is 0.138 e. The molecule has 0 aliphatic rings. The van der Waals surface area contributed by atoms with E-state index in [1.807, 2.05) is 0 Å². The van der Waals surface area contributed by atoms with Crippen LogP contribution in [0.4, 0.5) is 5.82 Å². The van der Waals surface area contributed by atoms with Crippen LogP contribution < -0.4 is 5.32 Å². The Balaban J connectivity index is 2.64. The second kappa shape index (κ2) is 4.30. The molecular weight excluding hydrogens is 222 g/mol. The van der Waals surface area contributed by atoms with E-state index in [9.17, 15) is 0 Å². The molecule has 98 valence electrons. The molecule has 0 amide bonds. The van der Waals surface area contributed by atoms with Crippen LogP contribution in [-0.2, 0) is 0 Å². The molecule has 0 radical (unpaired) electrons. The molecule has 2 rings (SSSR count). The van der Waals surface area contributed by atoms with Gasteiger partial charge in [0.2, 0.25) is 0 Å². The minimum atomic E-state index is 0.0311. The molecule has 0 fully saturated rings. The topological polar surface area (TPSA) is 29.3 Å². The average molecular weight is 245 g/mol. The molecule has 2 aromatic rings. The fraction of sp³-hybridized carbons (Fsp3) is 0.533. The summed E-state index contributed by atoms with van der Waals surface area (Å²) in [5.41, 5.74) is 3.42. The number of imidazole rings is 1. The molecule has 0 aliphatic heterocycles. The van der Waals surface area contributed by atoms with E-state index in [4.69, 9.17) is 4.98 Å². The van der Waals surface area contributed by atoms with Crippen LogP contribution in [0.3, 0.4) is 0 Å². The van der Waals surface area contributed by atoms with Crippen molar-refractivity contribution >= 4 is 11.5 Å². The van der Waals surface area contributed by atoms with Gasteiger partial charge in [0.1, 0.15) is 11.5 Å². The third kappa shape index (κ3) is 2.50. The Morgan fingerprint density at radius 1 is 1.22 bits per heavy atom. The van der Waals surface area contributed by atoms with Gasteiger partial charge in [-0.1, -0.05) is 19.9 Å². The fourth-order valence-electron chi connectivity index (χ4n) is 2.05. The Morgan fingerprint density at radius 3 is 2.44 bits per heavy atom. The van der Waals surface area contributed by atoms with Gasteiger partial charge in [0, 0.05) is 11.7 Å². The van der Waals surface area contributed by atoms with Gasteiger partial charge >= 0.3 is 0 Å². The lowest BCUT2D eigenvalue weighted by Crippen LogP contribution is -2.27. The van der Waals surface area contributed by atoms with Crippen molar-refractivity contribution in [3.63, 3.8) is 0 Å². The highest BCUT2D eigenvalue weighted by Crippen LogP contribution is 2.27. The lowest BCUT2D eigenvalue weighted by Gasteiger charge is -2.23. The predicted molar refractivity (Wildman–Crippen MR) is 77.4 cm³/mol. The van der Waals surface area contributed by atoms with E-state index in [1.165, 1.54) is 5.56 Å². The van der Waals surface area contributed by atoms with Crippen LogP contribution in [0, 0.1) is 6.92 Å². The Labute approximate surface area is 109 Å². The molecule has 0 bridgehead atoms. The summed E-state index contributed by atoms with van der Waals surface area (Å²) in [7, 11) is 0. The standard InChI is InChI=1S/C15H23N3/c1-10(2)13-14(17-15(4,5)6)18-9-11(3)7-8-12(18)16-13/h7-10,17H,1-6H3. The van der Waals surface area contributed by atoms with Crippen LogP contribution in [-0.4, -0.2) is 14.9 Å². The van der Waals surface area contributed by atoms with Crippen LogP contribution >= 0.6 is 0 Å². The molecule has 0 atom stereocenters. The van der Waals surface area contributed by atoms with Crippen LogP contribution in [0.15, 0.2) is 18.3 Å². The van der Waals surface area contributed by atoms with Gasteiger partial charge in [0.25, 0.3) is 0 Å². The molecular formula is C15H23N3. The normalized spacial score (nSPS) is 12.4. The van der Waals surface area contributed by atoms with E-state index < -0.39 is 0 Å².